The van der Waals surface area contributed by atoms with Crippen LogP contribution in [0.2, 0.25) is 0 Å². The van der Waals surface area contributed by atoms with Crippen LogP contribution in [0.25, 0.3) is 0 Å². The number of carbonyl (C=O) groups excluding carboxylic acids is 1. The molecule has 1 amide bonds. The van der Waals surface area contributed by atoms with Gasteiger partial charge in [0.15, 0.2) is 0 Å². The lowest BCUT2D eigenvalue weighted by Gasteiger charge is -2.34. The van der Waals surface area contributed by atoms with Gasteiger partial charge < -0.3 is 4.90 Å². The number of thiophene rings is 1. The molecule has 0 atom stereocenters. The van der Waals surface area contributed by atoms with E-state index in [-0.39, 0.29) is 16.5 Å². The number of benzene rings is 2. The molecule has 1 aliphatic heterocycles. The lowest BCUT2D eigenvalue weighted by Crippen LogP contribution is -2.48. The molecule has 1 N–H and O–H groups in total. The zero-order valence-electron chi connectivity index (χ0n) is 16.7. The Morgan fingerprint density at radius 3 is 2.35 bits per heavy atom. The van der Waals surface area contributed by atoms with Crippen LogP contribution in [-0.2, 0) is 16.6 Å². The summed E-state index contributed by atoms with van der Waals surface area (Å²) in [5, 5.41) is 2.05. The molecule has 2 heterocycles. The standard InChI is InChI=1S/C22H22FN3O3S2/c23-17-7-9-19(10-8-17)31(28,29)24-21-6-2-1-5-20(21)22(27)26-13-11-25(12-14-26)16-18-4-3-15-30-18/h1-10,15,24H,11-14,16H2. The highest BCUT2D eigenvalue weighted by Gasteiger charge is 2.25. The number of nitrogens with one attached hydrogen (secondary N) is 1. The second kappa shape index (κ2) is 9.17. The monoisotopic (exact) mass is 459 g/mol. The van der Waals surface area contributed by atoms with Crippen molar-refractivity contribution in [3.8, 4) is 0 Å². The highest BCUT2D eigenvalue weighted by Crippen LogP contribution is 2.23. The van der Waals surface area contributed by atoms with Gasteiger partial charge in [-0.05, 0) is 47.8 Å². The molecular weight excluding hydrogens is 437 g/mol. The van der Waals surface area contributed by atoms with Crippen LogP contribution in [0.3, 0.4) is 0 Å². The summed E-state index contributed by atoms with van der Waals surface area (Å²) in [4.78, 5) is 18.4. The molecule has 162 valence electrons. The first-order chi connectivity index (χ1) is 14.9. The van der Waals surface area contributed by atoms with Gasteiger partial charge in [-0.1, -0.05) is 18.2 Å². The Balaban J connectivity index is 1.45. The molecule has 0 aliphatic carbocycles. The number of halogens is 1. The largest absolute Gasteiger partial charge is 0.336 e. The molecule has 1 saturated heterocycles. The molecule has 31 heavy (non-hydrogen) atoms. The highest BCUT2D eigenvalue weighted by atomic mass is 32.2. The van der Waals surface area contributed by atoms with Gasteiger partial charge in [-0.15, -0.1) is 11.3 Å². The van der Waals surface area contributed by atoms with E-state index in [2.05, 4.69) is 21.1 Å². The smallest absolute Gasteiger partial charge is 0.261 e. The van der Waals surface area contributed by atoms with Gasteiger partial charge in [0, 0.05) is 37.6 Å². The van der Waals surface area contributed by atoms with Crippen molar-refractivity contribution in [1.29, 1.82) is 0 Å². The van der Waals surface area contributed by atoms with Gasteiger partial charge >= 0.3 is 0 Å². The van der Waals surface area contributed by atoms with E-state index in [1.807, 2.05) is 6.07 Å². The molecule has 2 aromatic carbocycles. The Kier molecular flexibility index (Phi) is 6.35. The molecule has 0 unspecified atom stereocenters. The van der Waals surface area contributed by atoms with E-state index >= 15 is 0 Å². The SMILES string of the molecule is O=C(c1ccccc1NS(=O)(=O)c1ccc(F)cc1)N1CCN(Cc2cccs2)CC1. The van der Waals surface area contributed by atoms with Crippen molar-refractivity contribution in [1.82, 2.24) is 9.80 Å². The van der Waals surface area contributed by atoms with Crippen LogP contribution >= 0.6 is 11.3 Å². The minimum Gasteiger partial charge on any atom is -0.336 e. The predicted octanol–water partition coefficient (Wildman–Crippen LogP) is 3.65. The molecule has 0 saturated carbocycles. The van der Waals surface area contributed by atoms with Crippen LogP contribution < -0.4 is 4.72 Å². The minimum absolute atomic E-state index is 0.0710. The summed E-state index contributed by atoms with van der Waals surface area (Å²) in [6, 6.07) is 15.2. The van der Waals surface area contributed by atoms with Crippen molar-refractivity contribution in [3.05, 3.63) is 82.3 Å². The Labute approximate surface area is 185 Å². The third kappa shape index (κ3) is 5.12. The second-order valence-electron chi connectivity index (χ2n) is 7.25. The maximum Gasteiger partial charge on any atom is 0.261 e. The van der Waals surface area contributed by atoms with E-state index in [1.54, 1.807) is 40.5 Å². The third-order valence-electron chi connectivity index (χ3n) is 5.14. The van der Waals surface area contributed by atoms with Crippen LogP contribution in [-0.4, -0.2) is 50.3 Å². The second-order valence-corrected chi connectivity index (χ2v) is 9.97. The van der Waals surface area contributed by atoms with Gasteiger partial charge in [0.25, 0.3) is 15.9 Å². The minimum atomic E-state index is -3.95. The fourth-order valence-corrected chi connectivity index (χ4v) is 5.30. The Morgan fingerprint density at radius 1 is 0.968 bits per heavy atom. The van der Waals surface area contributed by atoms with Crippen LogP contribution in [0.1, 0.15) is 15.2 Å². The average Bonchev–Trinajstić information content (AvgIpc) is 3.27. The number of para-hydroxylation sites is 1. The number of carbonyl (C=O) groups is 1. The van der Waals surface area contributed by atoms with Crippen LogP contribution in [0.15, 0.2) is 70.9 Å². The summed E-state index contributed by atoms with van der Waals surface area (Å²) < 4.78 is 41.0. The van der Waals surface area contributed by atoms with Crippen molar-refractivity contribution in [2.24, 2.45) is 0 Å². The van der Waals surface area contributed by atoms with Gasteiger partial charge in [-0.2, -0.15) is 0 Å². The Bertz CT molecular complexity index is 1140. The topological polar surface area (TPSA) is 69.7 Å². The molecule has 0 spiro atoms. The molecule has 4 rings (SSSR count). The quantitative estimate of drug-likeness (QED) is 0.611. The van der Waals surface area contributed by atoms with Gasteiger partial charge in [-0.3, -0.25) is 14.4 Å². The van der Waals surface area contributed by atoms with Crippen molar-refractivity contribution < 1.29 is 17.6 Å². The van der Waals surface area contributed by atoms with Crippen LogP contribution in [0.4, 0.5) is 10.1 Å². The number of anilines is 1. The van der Waals surface area contributed by atoms with Crippen LogP contribution in [0, 0.1) is 5.82 Å². The summed E-state index contributed by atoms with van der Waals surface area (Å²) in [5.41, 5.74) is 0.498. The summed E-state index contributed by atoms with van der Waals surface area (Å²) >= 11 is 1.72. The lowest BCUT2D eigenvalue weighted by molar-refractivity contribution is 0.0630. The number of nitrogens with zero attached hydrogens (tertiary/aromatic N) is 2. The van der Waals surface area contributed by atoms with Gasteiger partial charge in [-0.25, -0.2) is 12.8 Å². The normalized spacial score (nSPS) is 15.1. The summed E-state index contributed by atoms with van der Waals surface area (Å²) in [6.45, 7) is 3.53. The number of rotatable bonds is 6. The number of piperazine rings is 1. The molecule has 0 radical (unpaired) electrons. The van der Waals surface area contributed by atoms with Gasteiger partial charge in [0.1, 0.15) is 5.82 Å². The molecule has 9 heteroatoms. The summed E-state index contributed by atoms with van der Waals surface area (Å²) in [7, 11) is -3.95. The summed E-state index contributed by atoms with van der Waals surface area (Å²) in [5.74, 6) is -0.735. The fraction of sp³-hybridized carbons (Fsp3) is 0.227. The number of amides is 1. The van der Waals surface area contributed by atoms with Gasteiger partial charge in [0.05, 0.1) is 16.1 Å². The molecule has 1 aliphatic rings. The van der Waals surface area contributed by atoms with Crippen molar-refractivity contribution >= 4 is 33.0 Å². The van der Waals surface area contributed by atoms with E-state index in [0.29, 0.717) is 18.7 Å². The average molecular weight is 460 g/mol. The first-order valence-electron chi connectivity index (χ1n) is 9.84. The molecule has 1 fully saturated rings. The number of hydrogen-bond donors (Lipinski definition) is 1. The maximum atomic E-state index is 13.1. The molecule has 3 aromatic rings. The molecule has 6 nitrogen and oxygen atoms in total. The van der Waals surface area contributed by atoms with Crippen LogP contribution in [0.5, 0.6) is 0 Å². The van der Waals surface area contributed by atoms with Gasteiger partial charge in [0.2, 0.25) is 0 Å². The van der Waals surface area contributed by atoms with E-state index in [1.165, 1.54) is 17.0 Å². The zero-order chi connectivity index (χ0) is 21.8. The lowest BCUT2D eigenvalue weighted by atomic mass is 10.1. The van der Waals surface area contributed by atoms with E-state index in [9.17, 15) is 17.6 Å². The first-order valence-corrected chi connectivity index (χ1v) is 12.2. The summed E-state index contributed by atoms with van der Waals surface area (Å²) in [6.07, 6.45) is 0. The zero-order valence-corrected chi connectivity index (χ0v) is 18.3. The highest BCUT2D eigenvalue weighted by molar-refractivity contribution is 7.92. The Morgan fingerprint density at radius 2 is 1.68 bits per heavy atom. The van der Waals surface area contributed by atoms with Crippen molar-refractivity contribution in [3.63, 3.8) is 0 Å². The van der Waals surface area contributed by atoms with E-state index < -0.39 is 15.8 Å². The number of sulfonamides is 1. The van der Waals surface area contributed by atoms with Crippen molar-refractivity contribution in [2.75, 3.05) is 30.9 Å². The maximum absolute atomic E-state index is 13.1. The molecule has 0 bridgehead atoms. The van der Waals surface area contributed by atoms with E-state index in [4.69, 9.17) is 0 Å². The third-order valence-corrected chi connectivity index (χ3v) is 7.39. The molecular formula is C22H22FN3O3S2. The van der Waals surface area contributed by atoms with E-state index in [0.717, 1.165) is 31.8 Å². The predicted molar refractivity (Wildman–Crippen MR) is 119 cm³/mol. The van der Waals surface area contributed by atoms with Crippen molar-refractivity contribution in [2.45, 2.75) is 11.4 Å². The number of hydrogen-bond acceptors (Lipinski definition) is 5. The molecule has 1 aromatic heterocycles. The fourth-order valence-electron chi connectivity index (χ4n) is 3.48. The Hall–Kier alpha value is -2.75. The first kappa shape index (κ1) is 21.5.